The van der Waals surface area contributed by atoms with E-state index in [4.69, 9.17) is 16.1 Å². The highest BCUT2D eigenvalue weighted by Gasteiger charge is 2.07. The van der Waals surface area contributed by atoms with E-state index in [0.717, 1.165) is 5.75 Å². The molecule has 1 aromatic carbocycles. The highest BCUT2D eigenvalue weighted by molar-refractivity contribution is 7.49. The van der Waals surface area contributed by atoms with Crippen LogP contribution in [-0.4, -0.2) is 26.3 Å². The Morgan fingerprint density at radius 3 is 2.39 bits per heavy atom. The minimum Gasteiger partial charge on any atom is -0.468 e. The fraction of sp³-hybridized carbons (Fsp3) is 0.417. The van der Waals surface area contributed by atoms with Crippen LogP contribution in [0.2, 0.25) is 5.02 Å². The van der Waals surface area contributed by atoms with Crippen molar-refractivity contribution in [3.63, 3.8) is 0 Å². The molecule has 0 aliphatic carbocycles. The van der Waals surface area contributed by atoms with E-state index in [9.17, 15) is 4.79 Å². The molecular weight excluding hydrogens is 273 g/mol. The molecule has 0 radical (unpaired) electrons. The third kappa shape index (κ3) is 7.49. The Labute approximate surface area is 115 Å². The molecule has 0 aliphatic heterocycles. The first-order chi connectivity index (χ1) is 8.61. The zero-order valence-corrected chi connectivity index (χ0v) is 12.7. The van der Waals surface area contributed by atoms with Crippen LogP contribution in [0, 0.1) is 0 Å². The largest absolute Gasteiger partial charge is 0.468 e. The maximum Gasteiger partial charge on any atom is 0.320 e. The Balaban J connectivity index is 0.00000137. The zero-order chi connectivity index (χ0) is 14.0. The van der Waals surface area contributed by atoms with Crippen LogP contribution in [0.15, 0.2) is 24.3 Å². The van der Waals surface area contributed by atoms with Crippen LogP contribution in [0.5, 0.6) is 5.75 Å². The van der Waals surface area contributed by atoms with Gasteiger partial charge < -0.3 is 9.26 Å². The zero-order valence-electron chi connectivity index (χ0n) is 11.1. The highest BCUT2D eigenvalue weighted by Crippen LogP contribution is 2.30. The second kappa shape index (κ2) is 10.1. The van der Waals surface area contributed by atoms with Crippen LogP contribution in [-0.2, 0) is 9.53 Å². The number of nitrogens with one attached hydrogen (secondary N) is 1. The molecule has 6 heteroatoms. The summed E-state index contributed by atoms with van der Waals surface area (Å²) in [6.07, 6.45) is 0. The average Bonchev–Trinajstić information content (AvgIpc) is 2.41. The van der Waals surface area contributed by atoms with E-state index in [1.54, 1.807) is 24.3 Å². The van der Waals surface area contributed by atoms with Crippen molar-refractivity contribution in [1.82, 2.24) is 5.09 Å². The van der Waals surface area contributed by atoms with Gasteiger partial charge in [-0.15, -0.1) is 0 Å². The Hall–Kier alpha value is -0.830. The molecule has 1 unspecified atom stereocenters. The first kappa shape index (κ1) is 17.2. The third-order valence-electron chi connectivity index (χ3n) is 1.73. The first-order valence-electron chi connectivity index (χ1n) is 5.59. The summed E-state index contributed by atoms with van der Waals surface area (Å²) in [6, 6.07) is 7.06. The van der Waals surface area contributed by atoms with Crippen LogP contribution in [0.25, 0.3) is 0 Å². The highest BCUT2D eigenvalue weighted by atomic mass is 35.5. The predicted octanol–water partition coefficient (Wildman–Crippen LogP) is 3.45. The van der Waals surface area contributed by atoms with Crippen molar-refractivity contribution >= 4 is 25.9 Å². The van der Waals surface area contributed by atoms with Gasteiger partial charge in [0.05, 0.1) is 7.11 Å². The van der Waals surface area contributed by atoms with Crippen molar-refractivity contribution in [2.75, 3.05) is 20.3 Å². The Morgan fingerprint density at radius 1 is 1.33 bits per heavy atom. The molecule has 1 aromatic rings. The van der Waals surface area contributed by atoms with Crippen molar-refractivity contribution < 1.29 is 14.1 Å². The van der Waals surface area contributed by atoms with Crippen LogP contribution in [0.3, 0.4) is 0 Å². The van der Waals surface area contributed by atoms with Gasteiger partial charge in [0.2, 0.25) is 0 Å². The van der Waals surface area contributed by atoms with Crippen molar-refractivity contribution in [2.45, 2.75) is 13.8 Å². The fourth-order valence-electron chi connectivity index (χ4n) is 0.934. The summed E-state index contributed by atoms with van der Waals surface area (Å²) < 4.78 is 10.1. The van der Waals surface area contributed by atoms with Crippen molar-refractivity contribution in [3.8, 4) is 5.75 Å². The van der Waals surface area contributed by atoms with Gasteiger partial charge in [0, 0.05) is 11.7 Å². The molecule has 1 atom stereocenters. The molecule has 1 rings (SSSR count). The fourth-order valence-corrected chi connectivity index (χ4v) is 1.91. The van der Waals surface area contributed by atoms with Crippen molar-refractivity contribution in [2.24, 2.45) is 0 Å². The lowest BCUT2D eigenvalue weighted by molar-refractivity contribution is -0.139. The molecule has 1 N–H and O–H groups in total. The number of ether oxygens (including phenoxy) is 1. The number of halogens is 1. The average molecular weight is 292 g/mol. The van der Waals surface area contributed by atoms with E-state index in [-0.39, 0.29) is 12.5 Å². The number of hydrogen-bond donors (Lipinski definition) is 1. The third-order valence-corrected chi connectivity index (χ3v) is 3.07. The van der Waals surface area contributed by atoms with Gasteiger partial charge in [0.25, 0.3) is 0 Å². The lowest BCUT2D eigenvalue weighted by Crippen LogP contribution is -2.20. The van der Waals surface area contributed by atoms with Crippen molar-refractivity contribution in [3.05, 3.63) is 29.3 Å². The number of carbonyl (C=O) groups excluding carboxylic acids is 1. The van der Waals surface area contributed by atoms with Crippen LogP contribution in [0.1, 0.15) is 13.8 Å². The van der Waals surface area contributed by atoms with Gasteiger partial charge >= 0.3 is 5.97 Å². The minimum absolute atomic E-state index is 0.145. The van der Waals surface area contributed by atoms with Gasteiger partial charge in [-0.3, -0.25) is 9.88 Å². The lowest BCUT2D eigenvalue weighted by Gasteiger charge is -2.14. The summed E-state index contributed by atoms with van der Waals surface area (Å²) in [5.74, 6) is 0.407. The standard InChI is InChI=1S/C10H13ClNO3P.C2H6/c1-14-10(13)7-12-16(2)15-9-5-3-8(11)4-6-9;1-2/h3-6,12H,7H2,1-2H3;1-2H3. The molecule has 4 nitrogen and oxygen atoms in total. The van der Waals surface area contributed by atoms with E-state index in [0.29, 0.717) is 5.02 Å². The summed E-state index contributed by atoms with van der Waals surface area (Å²) in [5, 5.41) is 3.59. The van der Waals surface area contributed by atoms with Gasteiger partial charge in [-0.1, -0.05) is 25.4 Å². The van der Waals surface area contributed by atoms with E-state index in [2.05, 4.69) is 9.82 Å². The van der Waals surface area contributed by atoms with Crippen LogP contribution in [0.4, 0.5) is 0 Å². The molecule has 0 aliphatic rings. The van der Waals surface area contributed by atoms with E-state index < -0.39 is 8.30 Å². The molecule has 102 valence electrons. The lowest BCUT2D eigenvalue weighted by atomic mass is 10.3. The Morgan fingerprint density at radius 2 is 1.89 bits per heavy atom. The number of carbonyl (C=O) groups is 1. The van der Waals surface area contributed by atoms with Crippen LogP contribution >= 0.6 is 19.9 Å². The number of benzene rings is 1. The topological polar surface area (TPSA) is 47.6 Å². The smallest absolute Gasteiger partial charge is 0.320 e. The molecule has 0 saturated carbocycles. The van der Waals surface area contributed by atoms with E-state index in [1.807, 2.05) is 20.5 Å². The maximum atomic E-state index is 10.9. The molecule has 0 fully saturated rings. The number of rotatable bonds is 5. The molecule has 0 aromatic heterocycles. The SMILES string of the molecule is CC.COC(=O)CNP(C)Oc1ccc(Cl)cc1. The van der Waals surface area contributed by atoms with Gasteiger partial charge in [0.15, 0.2) is 8.30 Å². The molecule has 0 bridgehead atoms. The quantitative estimate of drug-likeness (QED) is 0.667. The number of hydrogen-bond acceptors (Lipinski definition) is 4. The summed E-state index contributed by atoms with van der Waals surface area (Å²) in [7, 11) is 0.451. The maximum absolute atomic E-state index is 10.9. The first-order valence-corrected chi connectivity index (χ1v) is 7.68. The molecular formula is C12H19ClNO3P. The Kier molecular flexibility index (Phi) is 9.66. The minimum atomic E-state index is -0.899. The summed E-state index contributed by atoms with van der Waals surface area (Å²) in [4.78, 5) is 10.9. The van der Waals surface area contributed by atoms with Crippen LogP contribution < -0.4 is 9.61 Å². The predicted molar refractivity (Wildman–Crippen MR) is 76.3 cm³/mol. The van der Waals surface area contributed by atoms with E-state index >= 15 is 0 Å². The second-order valence-corrected chi connectivity index (χ2v) is 4.88. The summed E-state index contributed by atoms with van der Waals surface area (Å²) in [6.45, 7) is 6.01. The van der Waals surface area contributed by atoms with Gasteiger partial charge in [-0.2, -0.15) is 0 Å². The summed E-state index contributed by atoms with van der Waals surface area (Å²) >= 11 is 5.74. The molecule has 0 heterocycles. The number of methoxy groups -OCH3 is 1. The molecule has 0 amide bonds. The van der Waals surface area contributed by atoms with Gasteiger partial charge in [-0.25, -0.2) is 0 Å². The molecule has 18 heavy (non-hydrogen) atoms. The van der Waals surface area contributed by atoms with E-state index in [1.165, 1.54) is 7.11 Å². The molecule has 0 spiro atoms. The van der Waals surface area contributed by atoms with Gasteiger partial charge in [-0.05, 0) is 24.3 Å². The molecule has 0 saturated heterocycles. The second-order valence-electron chi connectivity index (χ2n) is 2.95. The van der Waals surface area contributed by atoms with Crippen molar-refractivity contribution in [1.29, 1.82) is 0 Å². The Bertz CT molecular complexity index is 346. The number of esters is 1. The monoisotopic (exact) mass is 291 g/mol. The van der Waals surface area contributed by atoms with Gasteiger partial charge in [0.1, 0.15) is 12.3 Å². The normalized spacial score (nSPS) is 10.9. The summed E-state index contributed by atoms with van der Waals surface area (Å²) in [5.41, 5.74) is 0.